The van der Waals surface area contributed by atoms with Crippen LogP contribution in [-0.2, 0) is 33.6 Å². The second-order valence-corrected chi connectivity index (χ2v) is 15.0. The van der Waals surface area contributed by atoms with Crippen molar-refractivity contribution >= 4 is 37.4 Å². The van der Waals surface area contributed by atoms with Crippen LogP contribution in [0.5, 0.6) is 5.75 Å². The zero-order valence-corrected chi connectivity index (χ0v) is 27.4. The number of H-pyrrole nitrogens is 1. The van der Waals surface area contributed by atoms with Gasteiger partial charge < -0.3 is 27.8 Å². The average molecular weight is 635 g/mol. The highest BCUT2D eigenvalue weighted by molar-refractivity contribution is 7.58. The minimum Gasteiger partial charge on any atom is -0.493 e. The number of aromatic amines is 1. The Balaban J connectivity index is 1.54. The molecular formula is C30H40N2O7P2S. The number of benzene rings is 2. The van der Waals surface area contributed by atoms with Crippen LogP contribution in [0.1, 0.15) is 49.6 Å². The van der Waals surface area contributed by atoms with Gasteiger partial charge in [-0.15, -0.1) is 11.3 Å². The number of thiazole rings is 1. The van der Waals surface area contributed by atoms with Gasteiger partial charge in [-0.3, -0.25) is 9.13 Å². The van der Waals surface area contributed by atoms with E-state index in [0.29, 0.717) is 24.5 Å². The maximum atomic E-state index is 14.0. The Morgan fingerprint density at radius 3 is 2.19 bits per heavy atom. The van der Waals surface area contributed by atoms with Crippen LogP contribution in [0.15, 0.2) is 54.6 Å². The average Bonchev–Trinajstić information content (AvgIpc) is 3.55. The first kappa shape index (κ1) is 32.6. The van der Waals surface area contributed by atoms with Crippen molar-refractivity contribution in [1.29, 1.82) is 0 Å². The summed E-state index contributed by atoms with van der Waals surface area (Å²) in [4.78, 5) is 9.36. The fraction of sp³-hybridized carbons (Fsp3) is 0.433. The van der Waals surface area contributed by atoms with Gasteiger partial charge in [0, 0.05) is 34.1 Å². The number of hydrogen-bond donors (Lipinski definition) is 1. The van der Waals surface area contributed by atoms with Gasteiger partial charge in [-0.25, -0.2) is 4.98 Å². The molecule has 0 fully saturated rings. The van der Waals surface area contributed by atoms with Crippen molar-refractivity contribution in [3.8, 4) is 16.3 Å². The zero-order valence-electron chi connectivity index (χ0n) is 24.8. The summed E-state index contributed by atoms with van der Waals surface area (Å²) in [6.45, 7) is 10.3. The number of aromatic nitrogens is 2. The standard InChI is InChI=1S/C30H40N2O7P2S/c1-6-36-40(33,37-7-2)21-29(41(34,38-8-3)39-9-4)28-19-24-15-16-25(20-27(24)31-28)35-18-17-26-22(5)42-30(32-26)23-13-11-10-12-14-23/h10-16,19-20,29,31H,6-9,17-18,21H2,1-5H3. The van der Waals surface area contributed by atoms with Crippen molar-refractivity contribution in [2.75, 3.05) is 39.2 Å². The molecule has 4 aromatic rings. The Labute approximate surface area is 252 Å². The SMILES string of the molecule is CCOP(=O)(CC(c1cc2ccc(OCCc3nc(-c4ccccc4)sc3C)cc2[nH]1)P(=O)(OCC)OCC)OCC. The molecule has 4 rings (SSSR count). The molecule has 1 atom stereocenters. The first-order valence-corrected chi connectivity index (χ1v) is 18.4. The van der Waals surface area contributed by atoms with Gasteiger partial charge in [0.15, 0.2) is 0 Å². The van der Waals surface area contributed by atoms with E-state index in [2.05, 4.69) is 24.0 Å². The van der Waals surface area contributed by atoms with Gasteiger partial charge >= 0.3 is 15.2 Å². The third-order valence-corrected chi connectivity index (χ3v) is 12.5. The molecule has 2 aromatic heterocycles. The first-order chi connectivity index (χ1) is 20.2. The van der Waals surface area contributed by atoms with Crippen molar-refractivity contribution in [1.82, 2.24) is 9.97 Å². The number of rotatable bonds is 17. The largest absolute Gasteiger partial charge is 0.493 e. The quantitative estimate of drug-likeness (QED) is 0.115. The Kier molecular flexibility index (Phi) is 11.6. The highest BCUT2D eigenvalue weighted by Gasteiger charge is 2.44. The molecule has 0 saturated heterocycles. The minimum absolute atomic E-state index is 0.153. The van der Waals surface area contributed by atoms with E-state index < -0.39 is 20.9 Å². The summed E-state index contributed by atoms with van der Waals surface area (Å²) in [6.07, 6.45) is 0.529. The normalized spacial score (nSPS) is 13.1. The molecule has 0 aliphatic heterocycles. The lowest BCUT2D eigenvalue weighted by Gasteiger charge is -2.28. The summed E-state index contributed by atoms with van der Waals surface area (Å²) >= 11 is 1.69. The maximum Gasteiger partial charge on any atom is 0.340 e. The van der Waals surface area contributed by atoms with Crippen molar-refractivity contribution in [2.24, 2.45) is 0 Å². The second-order valence-electron chi connectivity index (χ2n) is 9.48. The molecule has 0 aliphatic carbocycles. The van der Waals surface area contributed by atoms with E-state index in [1.165, 1.54) is 4.88 Å². The van der Waals surface area contributed by atoms with Gasteiger partial charge in [0.05, 0.1) is 44.9 Å². The van der Waals surface area contributed by atoms with Gasteiger partial charge in [-0.2, -0.15) is 0 Å². The molecule has 42 heavy (non-hydrogen) atoms. The van der Waals surface area contributed by atoms with E-state index in [9.17, 15) is 9.13 Å². The third-order valence-electron chi connectivity index (χ3n) is 6.54. The van der Waals surface area contributed by atoms with E-state index in [0.717, 1.165) is 27.2 Å². The molecule has 2 heterocycles. The van der Waals surface area contributed by atoms with E-state index in [4.69, 9.17) is 27.8 Å². The summed E-state index contributed by atoms with van der Waals surface area (Å²) in [6, 6.07) is 17.8. The van der Waals surface area contributed by atoms with Crippen LogP contribution >= 0.6 is 26.5 Å². The van der Waals surface area contributed by atoms with Crippen molar-refractivity contribution in [3.63, 3.8) is 0 Å². The maximum absolute atomic E-state index is 14.0. The molecule has 0 saturated carbocycles. The van der Waals surface area contributed by atoms with Gasteiger partial charge in [0.2, 0.25) is 0 Å². The lowest BCUT2D eigenvalue weighted by Crippen LogP contribution is -2.14. The number of aryl methyl sites for hydroxylation is 1. The molecule has 0 radical (unpaired) electrons. The minimum atomic E-state index is -3.74. The Morgan fingerprint density at radius 2 is 1.55 bits per heavy atom. The van der Waals surface area contributed by atoms with Crippen LogP contribution in [0.2, 0.25) is 0 Å². The molecule has 1 N–H and O–H groups in total. The molecule has 12 heteroatoms. The smallest absolute Gasteiger partial charge is 0.340 e. The summed E-state index contributed by atoms with van der Waals surface area (Å²) in [5.74, 6) is 0.690. The van der Waals surface area contributed by atoms with Crippen molar-refractivity contribution in [2.45, 2.75) is 46.7 Å². The Hall–Kier alpha value is -2.29. The molecule has 0 amide bonds. The monoisotopic (exact) mass is 634 g/mol. The second kappa shape index (κ2) is 14.9. The summed E-state index contributed by atoms with van der Waals surface area (Å²) in [5, 5.41) is 1.89. The van der Waals surface area contributed by atoms with Crippen LogP contribution in [0.25, 0.3) is 21.5 Å². The molecule has 9 nitrogen and oxygen atoms in total. The van der Waals surface area contributed by atoms with Gasteiger partial charge in [-0.1, -0.05) is 30.3 Å². The summed E-state index contributed by atoms with van der Waals surface area (Å²) < 4.78 is 56.1. The first-order valence-electron chi connectivity index (χ1n) is 14.3. The summed E-state index contributed by atoms with van der Waals surface area (Å²) in [5.41, 5.74) is 2.61. The Morgan fingerprint density at radius 1 is 0.881 bits per heavy atom. The topological polar surface area (TPSA) is 109 Å². The van der Waals surface area contributed by atoms with Crippen LogP contribution in [0.4, 0.5) is 0 Å². The fourth-order valence-corrected chi connectivity index (χ4v) is 10.4. The van der Waals surface area contributed by atoms with E-state index in [1.54, 1.807) is 39.0 Å². The fourth-order valence-electron chi connectivity index (χ4n) is 4.72. The van der Waals surface area contributed by atoms with E-state index in [-0.39, 0.29) is 32.6 Å². The van der Waals surface area contributed by atoms with Crippen LogP contribution < -0.4 is 4.74 Å². The molecule has 0 aliphatic rings. The van der Waals surface area contributed by atoms with Gasteiger partial charge in [0.1, 0.15) is 16.4 Å². The van der Waals surface area contributed by atoms with Gasteiger partial charge in [0.25, 0.3) is 0 Å². The molecule has 1 unspecified atom stereocenters. The van der Waals surface area contributed by atoms with Crippen LogP contribution in [-0.4, -0.2) is 49.2 Å². The van der Waals surface area contributed by atoms with Crippen molar-refractivity contribution < 1.29 is 32.0 Å². The van der Waals surface area contributed by atoms with Crippen LogP contribution in [0, 0.1) is 6.92 Å². The van der Waals surface area contributed by atoms with E-state index in [1.807, 2.05) is 42.5 Å². The number of nitrogens with zero attached hydrogens (tertiary/aromatic N) is 1. The highest BCUT2D eigenvalue weighted by Crippen LogP contribution is 2.66. The predicted molar refractivity (Wildman–Crippen MR) is 169 cm³/mol. The number of hydrogen-bond acceptors (Lipinski definition) is 9. The molecule has 2 aromatic carbocycles. The number of fused-ring (bicyclic) bond motifs is 1. The number of nitrogens with one attached hydrogen (secondary N) is 1. The molecular weight excluding hydrogens is 594 g/mol. The molecule has 0 bridgehead atoms. The summed E-state index contributed by atoms with van der Waals surface area (Å²) in [7, 11) is -7.33. The predicted octanol–water partition coefficient (Wildman–Crippen LogP) is 8.79. The van der Waals surface area contributed by atoms with E-state index >= 15 is 0 Å². The van der Waals surface area contributed by atoms with Crippen LogP contribution in [0.3, 0.4) is 0 Å². The Bertz CT molecular complexity index is 1520. The lowest BCUT2D eigenvalue weighted by molar-refractivity contribution is 0.203. The number of ether oxygens (including phenoxy) is 1. The molecule has 228 valence electrons. The van der Waals surface area contributed by atoms with Gasteiger partial charge in [-0.05, 0) is 58.2 Å². The van der Waals surface area contributed by atoms with Crippen molar-refractivity contribution in [3.05, 3.63) is 70.9 Å². The lowest BCUT2D eigenvalue weighted by atomic mass is 10.2. The molecule has 0 spiro atoms. The zero-order chi connectivity index (χ0) is 30.2. The third kappa shape index (κ3) is 8.00. The highest BCUT2D eigenvalue weighted by atomic mass is 32.1.